The predicted molar refractivity (Wildman–Crippen MR) is 103 cm³/mol. The molecule has 0 bridgehead atoms. The maximum atomic E-state index is 12.3. The zero-order valence-electron chi connectivity index (χ0n) is 15.3. The van der Waals surface area contributed by atoms with E-state index in [1.165, 1.54) is 5.56 Å². The van der Waals surface area contributed by atoms with Gasteiger partial charge in [-0.05, 0) is 49.4 Å². The van der Waals surface area contributed by atoms with Gasteiger partial charge in [-0.25, -0.2) is 0 Å². The Morgan fingerprint density at radius 1 is 1.04 bits per heavy atom. The summed E-state index contributed by atoms with van der Waals surface area (Å²) in [5, 5.41) is 11.9. The van der Waals surface area contributed by atoms with Gasteiger partial charge in [0.05, 0.1) is 6.07 Å². The molecule has 0 aliphatic rings. The normalized spacial score (nSPS) is 11.4. The van der Waals surface area contributed by atoms with Crippen molar-refractivity contribution in [3.63, 3.8) is 0 Å². The van der Waals surface area contributed by atoms with E-state index in [0.29, 0.717) is 12.1 Å². The van der Waals surface area contributed by atoms with Crippen LogP contribution in [0.1, 0.15) is 36.5 Å². The van der Waals surface area contributed by atoms with E-state index in [9.17, 15) is 14.9 Å². The maximum absolute atomic E-state index is 12.3. The second-order valence-electron chi connectivity index (χ2n) is 6.41. The van der Waals surface area contributed by atoms with E-state index in [-0.39, 0.29) is 12.2 Å². The summed E-state index contributed by atoms with van der Waals surface area (Å²) in [6, 6.07) is 17.4. The van der Waals surface area contributed by atoms with Gasteiger partial charge < -0.3 is 5.32 Å². The van der Waals surface area contributed by atoms with Gasteiger partial charge in [0.1, 0.15) is 0 Å². The Hall–Kier alpha value is -2.93. The molecule has 0 saturated carbocycles. The van der Waals surface area contributed by atoms with E-state index in [1.54, 1.807) is 12.1 Å². The third-order valence-corrected chi connectivity index (χ3v) is 4.35. The lowest BCUT2D eigenvalue weighted by Crippen LogP contribution is -2.28. The molecule has 0 aromatic heterocycles. The molecule has 2 aromatic carbocycles. The minimum absolute atomic E-state index is 0.217. The van der Waals surface area contributed by atoms with Crippen LogP contribution in [-0.4, -0.2) is 11.7 Å². The van der Waals surface area contributed by atoms with Crippen LogP contribution in [-0.2, 0) is 22.4 Å². The summed E-state index contributed by atoms with van der Waals surface area (Å²) in [5.41, 5.74) is 4.10. The van der Waals surface area contributed by atoms with Gasteiger partial charge >= 0.3 is 0 Å². The summed E-state index contributed by atoms with van der Waals surface area (Å²) in [5.74, 6) is -2.15. The molecule has 1 atom stereocenters. The maximum Gasteiger partial charge on any atom is 0.249 e. The number of carbonyl (C=O) groups excluding carboxylic acids is 2. The molecule has 0 aliphatic heterocycles. The molecule has 0 radical (unpaired) electrons. The lowest BCUT2D eigenvalue weighted by molar-refractivity contribution is -0.128. The molecule has 2 aromatic rings. The van der Waals surface area contributed by atoms with Crippen LogP contribution in [0.3, 0.4) is 0 Å². The van der Waals surface area contributed by atoms with Gasteiger partial charge in [0.15, 0.2) is 11.7 Å². The summed E-state index contributed by atoms with van der Waals surface area (Å²) < 4.78 is 0. The Morgan fingerprint density at radius 3 is 2.23 bits per heavy atom. The molecule has 2 rings (SSSR count). The second-order valence-corrected chi connectivity index (χ2v) is 6.41. The average molecular weight is 348 g/mol. The third-order valence-electron chi connectivity index (χ3n) is 4.35. The number of Topliss-reactive ketones (excluding diaryl/α,β-unsaturated/α-hetero) is 1. The van der Waals surface area contributed by atoms with Crippen molar-refractivity contribution in [3.05, 3.63) is 65.2 Å². The molecule has 0 fully saturated rings. The molecule has 4 nitrogen and oxygen atoms in total. The smallest absolute Gasteiger partial charge is 0.249 e. The SMILES string of the molecule is CCc1ccc(NC(=O)C(C#N)C(=O)CCCc2ccc(C)cc2)cc1. The number of nitrogens with zero attached hydrogens (tertiary/aromatic N) is 1. The summed E-state index contributed by atoms with van der Waals surface area (Å²) in [6.45, 7) is 4.08. The molecule has 134 valence electrons. The quantitative estimate of drug-likeness (QED) is 0.726. The molecular weight excluding hydrogens is 324 g/mol. The molecule has 1 N–H and O–H groups in total. The van der Waals surface area contributed by atoms with E-state index in [1.807, 2.05) is 49.4 Å². The van der Waals surface area contributed by atoms with Crippen molar-refractivity contribution < 1.29 is 9.59 Å². The first-order valence-electron chi connectivity index (χ1n) is 8.91. The van der Waals surface area contributed by atoms with Crippen molar-refractivity contribution >= 4 is 17.4 Å². The highest BCUT2D eigenvalue weighted by atomic mass is 16.2. The van der Waals surface area contributed by atoms with Crippen LogP contribution in [0.2, 0.25) is 0 Å². The number of aryl methyl sites for hydroxylation is 3. The number of ketones is 1. The molecule has 0 saturated heterocycles. The summed E-state index contributed by atoms with van der Waals surface area (Å²) in [7, 11) is 0. The fourth-order valence-corrected chi connectivity index (χ4v) is 2.68. The third kappa shape index (κ3) is 5.56. The largest absolute Gasteiger partial charge is 0.325 e. The minimum atomic E-state index is -1.26. The number of anilines is 1. The van der Waals surface area contributed by atoms with Crippen LogP contribution in [0.4, 0.5) is 5.69 Å². The lowest BCUT2D eigenvalue weighted by Gasteiger charge is -2.10. The molecule has 4 heteroatoms. The first-order valence-corrected chi connectivity index (χ1v) is 8.91. The monoisotopic (exact) mass is 348 g/mol. The van der Waals surface area contributed by atoms with E-state index >= 15 is 0 Å². The number of amides is 1. The first kappa shape index (κ1) is 19.4. The minimum Gasteiger partial charge on any atom is -0.325 e. The van der Waals surface area contributed by atoms with Gasteiger partial charge in [-0.15, -0.1) is 0 Å². The van der Waals surface area contributed by atoms with Crippen LogP contribution >= 0.6 is 0 Å². The highest BCUT2D eigenvalue weighted by molar-refractivity contribution is 6.09. The Balaban J connectivity index is 1.87. The van der Waals surface area contributed by atoms with Gasteiger partial charge in [0, 0.05) is 12.1 Å². The van der Waals surface area contributed by atoms with Crippen molar-refractivity contribution in [1.29, 1.82) is 5.26 Å². The fraction of sp³-hybridized carbons (Fsp3) is 0.318. The van der Waals surface area contributed by atoms with E-state index < -0.39 is 11.8 Å². The summed E-state index contributed by atoms with van der Waals surface area (Å²) >= 11 is 0. The van der Waals surface area contributed by atoms with Gasteiger partial charge in [-0.2, -0.15) is 5.26 Å². The van der Waals surface area contributed by atoms with Crippen molar-refractivity contribution in [2.45, 2.75) is 39.5 Å². The van der Waals surface area contributed by atoms with E-state index in [2.05, 4.69) is 12.2 Å². The zero-order chi connectivity index (χ0) is 18.9. The Bertz CT molecular complexity index is 786. The molecule has 0 heterocycles. The average Bonchev–Trinajstić information content (AvgIpc) is 2.64. The van der Waals surface area contributed by atoms with Crippen LogP contribution < -0.4 is 5.32 Å². The molecular formula is C22H24N2O2. The summed E-state index contributed by atoms with van der Waals surface area (Å²) in [4.78, 5) is 24.5. The second kappa shape index (κ2) is 9.53. The highest BCUT2D eigenvalue weighted by Gasteiger charge is 2.25. The van der Waals surface area contributed by atoms with Crippen molar-refractivity contribution in [1.82, 2.24) is 0 Å². The van der Waals surface area contributed by atoms with Gasteiger partial charge in [-0.3, -0.25) is 9.59 Å². The van der Waals surface area contributed by atoms with Crippen LogP contribution in [0.5, 0.6) is 0 Å². The first-order chi connectivity index (χ1) is 12.5. The number of rotatable bonds is 8. The molecule has 1 amide bonds. The van der Waals surface area contributed by atoms with Gasteiger partial charge in [0.2, 0.25) is 5.91 Å². The standard InChI is InChI=1S/C22H24N2O2/c1-3-17-11-13-19(14-12-17)24-22(26)20(15-23)21(25)6-4-5-18-9-7-16(2)8-10-18/h7-14,20H,3-6H2,1-2H3,(H,24,26). The van der Waals surface area contributed by atoms with Crippen molar-refractivity contribution in [2.75, 3.05) is 5.32 Å². The molecule has 1 unspecified atom stereocenters. The van der Waals surface area contributed by atoms with E-state index in [0.717, 1.165) is 24.0 Å². The lowest BCUT2D eigenvalue weighted by atomic mass is 9.98. The Kier molecular flexibility index (Phi) is 7.11. The number of hydrogen-bond donors (Lipinski definition) is 1. The molecule has 0 spiro atoms. The van der Waals surface area contributed by atoms with E-state index in [4.69, 9.17) is 0 Å². The van der Waals surface area contributed by atoms with Crippen LogP contribution in [0.25, 0.3) is 0 Å². The fourth-order valence-electron chi connectivity index (χ4n) is 2.68. The van der Waals surface area contributed by atoms with Crippen molar-refractivity contribution in [3.8, 4) is 6.07 Å². The molecule has 26 heavy (non-hydrogen) atoms. The Morgan fingerprint density at radius 2 is 1.65 bits per heavy atom. The van der Waals surface area contributed by atoms with Gasteiger partial charge in [0.25, 0.3) is 0 Å². The van der Waals surface area contributed by atoms with Crippen LogP contribution in [0.15, 0.2) is 48.5 Å². The van der Waals surface area contributed by atoms with Crippen molar-refractivity contribution in [2.24, 2.45) is 5.92 Å². The number of benzene rings is 2. The number of nitrogens with one attached hydrogen (secondary N) is 1. The zero-order valence-corrected chi connectivity index (χ0v) is 15.3. The topological polar surface area (TPSA) is 70.0 Å². The highest BCUT2D eigenvalue weighted by Crippen LogP contribution is 2.14. The number of hydrogen-bond acceptors (Lipinski definition) is 3. The Labute approximate surface area is 154 Å². The van der Waals surface area contributed by atoms with Gasteiger partial charge in [-0.1, -0.05) is 48.9 Å². The predicted octanol–water partition coefficient (Wildman–Crippen LogP) is 4.23. The number of nitriles is 1. The number of carbonyl (C=O) groups is 2. The summed E-state index contributed by atoms with van der Waals surface area (Å²) in [6.07, 6.45) is 2.51. The van der Waals surface area contributed by atoms with Crippen LogP contribution in [0, 0.1) is 24.2 Å². The molecule has 0 aliphatic carbocycles.